The number of imide groups is 1. The number of nitriles is 1. The van der Waals surface area contributed by atoms with Gasteiger partial charge in [0.2, 0.25) is 5.91 Å². The van der Waals surface area contributed by atoms with Crippen LogP contribution in [0.1, 0.15) is 29.2 Å². The van der Waals surface area contributed by atoms with Crippen LogP contribution in [0, 0.1) is 25.2 Å². The maximum absolute atomic E-state index is 13.6. The van der Waals surface area contributed by atoms with Gasteiger partial charge in [0.05, 0.1) is 22.9 Å². The van der Waals surface area contributed by atoms with Crippen molar-refractivity contribution in [3.63, 3.8) is 0 Å². The van der Waals surface area contributed by atoms with Gasteiger partial charge in [0.25, 0.3) is 11.8 Å². The number of anilines is 3. The first-order valence-corrected chi connectivity index (χ1v) is 10.6. The molecule has 0 aromatic heterocycles. The minimum Gasteiger partial charge on any atom is -0.350 e. The number of nitrogens with zero attached hydrogens (tertiary/aromatic N) is 2. The van der Waals surface area contributed by atoms with Crippen LogP contribution in [0.5, 0.6) is 0 Å². The summed E-state index contributed by atoms with van der Waals surface area (Å²) in [6, 6.07) is 20.9. The van der Waals surface area contributed by atoms with Crippen LogP contribution in [0.4, 0.5) is 17.1 Å². The lowest BCUT2D eigenvalue weighted by molar-refractivity contribution is -0.120. The number of carbonyl (C=O) groups excluding carboxylic acids is 3. The lowest BCUT2D eigenvalue weighted by Gasteiger charge is -2.15. The largest absolute Gasteiger partial charge is 0.350 e. The zero-order chi connectivity index (χ0) is 24.4. The maximum Gasteiger partial charge on any atom is 0.282 e. The highest BCUT2D eigenvalue weighted by Crippen LogP contribution is 2.35. The van der Waals surface area contributed by atoms with Gasteiger partial charge in [0, 0.05) is 18.3 Å². The Balaban J connectivity index is 1.78. The third-order valence-corrected chi connectivity index (χ3v) is 5.46. The molecule has 0 fully saturated rings. The molecule has 0 atom stereocenters. The Morgan fingerprint density at radius 1 is 0.882 bits per heavy atom. The first-order valence-electron chi connectivity index (χ1n) is 10.6. The number of rotatable bonds is 5. The molecule has 0 radical (unpaired) electrons. The van der Waals surface area contributed by atoms with Gasteiger partial charge in [0.15, 0.2) is 0 Å². The van der Waals surface area contributed by atoms with Crippen LogP contribution >= 0.6 is 0 Å². The van der Waals surface area contributed by atoms with Gasteiger partial charge in [-0.25, -0.2) is 4.90 Å². The SMILES string of the molecule is CC(=O)Nc1ccc(NC2=C(c3ccc(C)cc3C)C(=O)N(c3ccc(C#N)cc3)C2=O)cc1. The van der Waals surface area contributed by atoms with Crippen molar-refractivity contribution in [2.75, 3.05) is 15.5 Å². The smallest absolute Gasteiger partial charge is 0.282 e. The lowest BCUT2D eigenvalue weighted by atomic mass is 9.97. The van der Waals surface area contributed by atoms with Crippen LogP contribution in [0.15, 0.2) is 72.4 Å². The lowest BCUT2D eigenvalue weighted by Crippen LogP contribution is -2.32. The van der Waals surface area contributed by atoms with Crippen molar-refractivity contribution in [3.8, 4) is 6.07 Å². The molecule has 3 amide bonds. The van der Waals surface area contributed by atoms with Crippen LogP contribution in [-0.4, -0.2) is 17.7 Å². The molecule has 1 aliphatic rings. The van der Waals surface area contributed by atoms with E-state index in [1.807, 2.05) is 38.1 Å². The van der Waals surface area contributed by atoms with Crippen molar-refractivity contribution in [2.24, 2.45) is 0 Å². The summed E-state index contributed by atoms with van der Waals surface area (Å²) in [6.45, 7) is 5.29. The maximum atomic E-state index is 13.6. The molecule has 0 bridgehead atoms. The monoisotopic (exact) mass is 450 g/mol. The summed E-state index contributed by atoms with van der Waals surface area (Å²) in [6.07, 6.45) is 0. The second-order valence-electron chi connectivity index (χ2n) is 8.06. The van der Waals surface area contributed by atoms with Crippen molar-refractivity contribution in [1.29, 1.82) is 5.26 Å². The topological polar surface area (TPSA) is 102 Å². The second-order valence-corrected chi connectivity index (χ2v) is 8.06. The summed E-state index contributed by atoms with van der Waals surface area (Å²) < 4.78 is 0. The van der Waals surface area contributed by atoms with Gasteiger partial charge < -0.3 is 10.6 Å². The highest BCUT2D eigenvalue weighted by atomic mass is 16.2. The van der Waals surface area contributed by atoms with Crippen molar-refractivity contribution < 1.29 is 14.4 Å². The highest BCUT2D eigenvalue weighted by Gasteiger charge is 2.40. The van der Waals surface area contributed by atoms with E-state index in [-0.39, 0.29) is 17.2 Å². The van der Waals surface area contributed by atoms with Gasteiger partial charge in [-0.2, -0.15) is 5.26 Å². The Labute approximate surface area is 197 Å². The summed E-state index contributed by atoms with van der Waals surface area (Å²) in [5.41, 5.74) is 5.05. The van der Waals surface area contributed by atoms with Gasteiger partial charge in [-0.3, -0.25) is 14.4 Å². The van der Waals surface area contributed by atoms with Crippen molar-refractivity contribution in [3.05, 3.63) is 94.7 Å². The Morgan fingerprint density at radius 3 is 2.12 bits per heavy atom. The number of nitrogens with one attached hydrogen (secondary N) is 2. The molecule has 1 aliphatic heterocycles. The van der Waals surface area contributed by atoms with Gasteiger partial charge in [0.1, 0.15) is 5.70 Å². The number of carbonyl (C=O) groups is 3. The predicted octanol–water partition coefficient (Wildman–Crippen LogP) is 4.53. The third-order valence-electron chi connectivity index (χ3n) is 5.46. The molecular formula is C27H22N4O3. The molecule has 34 heavy (non-hydrogen) atoms. The van der Waals surface area contributed by atoms with Gasteiger partial charge >= 0.3 is 0 Å². The van der Waals surface area contributed by atoms with E-state index in [1.54, 1.807) is 48.5 Å². The zero-order valence-corrected chi connectivity index (χ0v) is 19.0. The normalized spacial score (nSPS) is 13.2. The number of benzene rings is 3. The summed E-state index contributed by atoms with van der Waals surface area (Å²) in [7, 11) is 0. The van der Waals surface area contributed by atoms with Gasteiger partial charge in [-0.05, 0) is 73.5 Å². The number of hydrogen-bond donors (Lipinski definition) is 2. The number of aryl methyl sites for hydroxylation is 2. The van der Waals surface area contributed by atoms with Crippen LogP contribution < -0.4 is 15.5 Å². The van der Waals surface area contributed by atoms with Crippen molar-refractivity contribution in [2.45, 2.75) is 20.8 Å². The molecule has 4 rings (SSSR count). The Hall–Kier alpha value is -4.70. The van der Waals surface area contributed by atoms with E-state index in [0.717, 1.165) is 16.0 Å². The second kappa shape index (κ2) is 9.04. The molecule has 0 saturated carbocycles. The van der Waals surface area contributed by atoms with Crippen LogP contribution in [0.3, 0.4) is 0 Å². The summed E-state index contributed by atoms with van der Waals surface area (Å²) in [5.74, 6) is -1.12. The molecule has 168 valence electrons. The van der Waals surface area contributed by atoms with Crippen LogP contribution in [0.2, 0.25) is 0 Å². The van der Waals surface area contributed by atoms with Gasteiger partial charge in [-0.1, -0.05) is 23.8 Å². The Bertz CT molecular complexity index is 1380. The molecule has 0 saturated heterocycles. The summed E-state index contributed by atoms with van der Waals surface area (Å²) in [5, 5.41) is 14.9. The average Bonchev–Trinajstić information content (AvgIpc) is 3.04. The van der Waals surface area contributed by atoms with Gasteiger partial charge in [-0.15, -0.1) is 0 Å². The minimum atomic E-state index is -0.490. The van der Waals surface area contributed by atoms with Crippen molar-refractivity contribution in [1.82, 2.24) is 0 Å². The van der Waals surface area contributed by atoms with E-state index < -0.39 is 11.8 Å². The fraction of sp³-hybridized carbons (Fsp3) is 0.111. The first-order chi connectivity index (χ1) is 16.3. The van der Waals surface area contributed by atoms with E-state index in [0.29, 0.717) is 28.2 Å². The number of hydrogen-bond acceptors (Lipinski definition) is 5. The predicted molar refractivity (Wildman–Crippen MR) is 131 cm³/mol. The molecule has 3 aromatic carbocycles. The fourth-order valence-corrected chi connectivity index (χ4v) is 3.89. The fourth-order valence-electron chi connectivity index (χ4n) is 3.89. The first kappa shape index (κ1) is 22.5. The molecule has 0 unspecified atom stereocenters. The molecule has 7 nitrogen and oxygen atoms in total. The molecule has 0 spiro atoms. The highest BCUT2D eigenvalue weighted by molar-refractivity contribution is 6.46. The average molecular weight is 450 g/mol. The molecule has 3 aromatic rings. The zero-order valence-electron chi connectivity index (χ0n) is 19.0. The molecule has 2 N–H and O–H groups in total. The van der Waals surface area contributed by atoms with E-state index in [9.17, 15) is 14.4 Å². The van der Waals surface area contributed by atoms with E-state index in [2.05, 4.69) is 10.6 Å². The molecule has 7 heteroatoms. The Kier molecular flexibility index (Phi) is 5.98. The van der Waals surface area contributed by atoms with E-state index >= 15 is 0 Å². The Morgan fingerprint density at radius 2 is 1.53 bits per heavy atom. The summed E-state index contributed by atoms with van der Waals surface area (Å²) >= 11 is 0. The quantitative estimate of drug-likeness (QED) is 0.556. The summed E-state index contributed by atoms with van der Waals surface area (Å²) in [4.78, 5) is 39.5. The van der Waals surface area contributed by atoms with Crippen LogP contribution in [-0.2, 0) is 14.4 Å². The van der Waals surface area contributed by atoms with Crippen LogP contribution in [0.25, 0.3) is 5.57 Å². The number of amides is 3. The standard InChI is InChI=1S/C27H22N4O3/c1-16-4-13-23(17(2)14-16)24-25(30-21-9-7-20(8-10-21)29-18(3)32)27(34)31(26(24)33)22-11-5-19(15-28)6-12-22/h4-14,30H,1-3H3,(H,29,32). The molecular weight excluding hydrogens is 428 g/mol. The third kappa shape index (κ3) is 4.30. The van der Waals surface area contributed by atoms with E-state index in [4.69, 9.17) is 5.26 Å². The molecule has 0 aliphatic carbocycles. The molecule has 1 heterocycles. The minimum absolute atomic E-state index is 0.161. The van der Waals surface area contributed by atoms with E-state index in [1.165, 1.54) is 6.92 Å². The van der Waals surface area contributed by atoms with Crippen molar-refractivity contribution >= 4 is 40.4 Å².